The molecule has 6 aromatic rings. The standard InChI is InChI=1S/C44H38N2O2/c1-29-11-13-33(27-31(29)3)15-25-42(47)45-38-21-17-35(18-22-38)40-9-5-7-37-8-6-10-41(44(37)40)36-19-23-39(24-20-36)46-43(48)26-16-34-14-12-30(2)32(4)28-34/h5-28H,1-4H3,(H,45,47)(H,46,48)/b25-15+,26-16+. The normalized spacial score (nSPS) is 11.3. The van der Waals surface area contributed by atoms with Crippen molar-refractivity contribution in [3.05, 3.63) is 167 Å². The summed E-state index contributed by atoms with van der Waals surface area (Å²) in [7, 11) is 0. The number of anilines is 2. The number of nitrogens with one attached hydrogen (secondary N) is 2. The van der Waals surface area contributed by atoms with Crippen LogP contribution in [0.4, 0.5) is 11.4 Å². The second-order valence-electron chi connectivity index (χ2n) is 12.2. The molecule has 0 fully saturated rings. The van der Waals surface area contributed by atoms with Crippen LogP contribution < -0.4 is 10.6 Å². The molecule has 2 N–H and O–H groups in total. The van der Waals surface area contributed by atoms with E-state index in [4.69, 9.17) is 0 Å². The number of benzene rings is 6. The van der Waals surface area contributed by atoms with E-state index in [1.54, 1.807) is 12.2 Å². The maximum atomic E-state index is 12.6. The summed E-state index contributed by atoms with van der Waals surface area (Å²) in [6.07, 6.45) is 6.79. The number of carbonyl (C=O) groups excluding carboxylic acids is 2. The minimum Gasteiger partial charge on any atom is -0.323 e. The molecule has 0 saturated carbocycles. The Morgan fingerprint density at radius 2 is 0.896 bits per heavy atom. The lowest BCUT2D eigenvalue weighted by Gasteiger charge is -2.14. The average Bonchev–Trinajstić information content (AvgIpc) is 3.09. The lowest BCUT2D eigenvalue weighted by molar-refractivity contribution is -0.112. The van der Waals surface area contributed by atoms with Gasteiger partial charge in [-0.05, 0) is 131 Å². The van der Waals surface area contributed by atoms with Gasteiger partial charge in [0, 0.05) is 23.5 Å². The van der Waals surface area contributed by atoms with Crippen LogP contribution in [0.3, 0.4) is 0 Å². The van der Waals surface area contributed by atoms with Crippen LogP contribution in [0.25, 0.3) is 45.2 Å². The third-order valence-corrected chi connectivity index (χ3v) is 8.75. The number of fused-ring (bicyclic) bond motifs is 1. The summed E-state index contributed by atoms with van der Waals surface area (Å²) in [6, 6.07) is 40.8. The summed E-state index contributed by atoms with van der Waals surface area (Å²) in [4.78, 5) is 25.3. The van der Waals surface area contributed by atoms with Crippen molar-refractivity contribution in [1.82, 2.24) is 0 Å². The van der Waals surface area contributed by atoms with Crippen molar-refractivity contribution < 1.29 is 9.59 Å². The molecule has 0 spiro atoms. The smallest absolute Gasteiger partial charge is 0.248 e. The molecule has 0 saturated heterocycles. The van der Waals surface area contributed by atoms with Crippen molar-refractivity contribution in [3.63, 3.8) is 0 Å². The summed E-state index contributed by atoms with van der Waals surface area (Å²) in [5.41, 5.74) is 12.6. The molecule has 0 bridgehead atoms. The van der Waals surface area contributed by atoms with Crippen molar-refractivity contribution in [2.75, 3.05) is 10.6 Å². The Labute approximate surface area is 282 Å². The number of aryl methyl sites for hydroxylation is 4. The van der Waals surface area contributed by atoms with Crippen LogP contribution in [-0.4, -0.2) is 11.8 Å². The molecule has 236 valence electrons. The molecule has 4 nitrogen and oxygen atoms in total. The zero-order valence-corrected chi connectivity index (χ0v) is 27.7. The van der Waals surface area contributed by atoms with E-state index in [0.717, 1.165) is 55.5 Å². The van der Waals surface area contributed by atoms with Crippen molar-refractivity contribution in [2.24, 2.45) is 0 Å². The molecule has 2 amide bonds. The van der Waals surface area contributed by atoms with Gasteiger partial charge in [-0.3, -0.25) is 9.59 Å². The van der Waals surface area contributed by atoms with Gasteiger partial charge in [0.2, 0.25) is 11.8 Å². The van der Waals surface area contributed by atoms with Crippen LogP contribution >= 0.6 is 0 Å². The predicted octanol–water partition coefficient (Wildman–Crippen LogP) is 10.7. The maximum Gasteiger partial charge on any atom is 0.248 e. The molecule has 4 heteroatoms. The largest absolute Gasteiger partial charge is 0.323 e. The van der Waals surface area contributed by atoms with E-state index in [2.05, 4.69) is 99.0 Å². The van der Waals surface area contributed by atoms with Gasteiger partial charge < -0.3 is 10.6 Å². The van der Waals surface area contributed by atoms with E-state index >= 15 is 0 Å². The molecule has 0 radical (unpaired) electrons. The second kappa shape index (κ2) is 14.2. The van der Waals surface area contributed by atoms with E-state index < -0.39 is 0 Å². The highest BCUT2D eigenvalue weighted by Gasteiger charge is 2.11. The molecule has 0 atom stereocenters. The fourth-order valence-corrected chi connectivity index (χ4v) is 5.74. The SMILES string of the molecule is Cc1ccc(/C=C/C(=O)Nc2ccc(-c3cccc4cccc(-c5ccc(NC(=O)/C=C/c6ccc(C)c(C)c6)cc5)c34)cc2)cc1C. The highest BCUT2D eigenvalue weighted by atomic mass is 16.2. The van der Waals surface area contributed by atoms with Crippen LogP contribution in [0.15, 0.2) is 133 Å². The monoisotopic (exact) mass is 626 g/mol. The van der Waals surface area contributed by atoms with Crippen molar-refractivity contribution in [3.8, 4) is 22.3 Å². The topological polar surface area (TPSA) is 58.2 Å². The van der Waals surface area contributed by atoms with Gasteiger partial charge in [-0.25, -0.2) is 0 Å². The van der Waals surface area contributed by atoms with Gasteiger partial charge in [-0.15, -0.1) is 0 Å². The fourth-order valence-electron chi connectivity index (χ4n) is 5.74. The minimum absolute atomic E-state index is 0.176. The zero-order chi connectivity index (χ0) is 33.6. The molecule has 0 aromatic heterocycles. The van der Waals surface area contributed by atoms with Gasteiger partial charge in [0.25, 0.3) is 0 Å². The van der Waals surface area contributed by atoms with E-state index in [1.807, 2.05) is 72.8 Å². The van der Waals surface area contributed by atoms with Crippen LogP contribution in [0, 0.1) is 27.7 Å². The second-order valence-corrected chi connectivity index (χ2v) is 12.2. The molecule has 0 heterocycles. The highest BCUT2D eigenvalue weighted by Crippen LogP contribution is 2.37. The first-order valence-corrected chi connectivity index (χ1v) is 16.1. The Morgan fingerprint density at radius 1 is 0.479 bits per heavy atom. The summed E-state index contributed by atoms with van der Waals surface area (Å²) in [5, 5.41) is 8.21. The third-order valence-electron chi connectivity index (χ3n) is 8.75. The summed E-state index contributed by atoms with van der Waals surface area (Å²) < 4.78 is 0. The first-order chi connectivity index (χ1) is 23.2. The van der Waals surface area contributed by atoms with Crippen LogP contribution in [-0.2, 0) is 9.59 Å². The molecule has 48 heavy (non-hydrogen) atoms. The lowest BCUT2D eigenvalue weighted by Crippen LogP contribution is -2.07. The number of amides is 2. The van der Waals surface area contributed by atoms with Crippen LogP contribution in [0.2, 0.25) is 0 Å². The lowest BCUT2D eigenvalue weighted by atomic mass is 9.91. The highest BCUT2D eigenvalue weighted by molar-refractivity contribution is 6.07. The average molecular weight is 627 g/mol. The molecule has 0 unspecified atom stereocenters. The Kier molecular flexibility index (Phi) is 9.45. The van der Waals surface area contributed by atoms with E-state index in [9.17, 15) is 9.59 Å². The number of carbonyl (C=O) groups is 2. The molecular weight excluding hydrogens is 588 g/mol. The Morgan fingerprint density at radius 3 is 1.29 bits per heavy atom. The Balaban J connectivity index is 1.18. The summed E-state index contributed by atoms with van der Waals surface area (Å²) in [5.74, 6) is -0.351. The Bertz CT molecular complexity index is 2040. The van der Waals surface area contributed by atoms with Crippen LogP contribution in [0.5, 0.6) is 0 Å². The molecule has 6 rings (SSSR count). The van der Waals surface area contributed by atoms with Crippen molar-refractivity contribution in [1.29, 1.82) is 0 Å². The summed E-state index contributed by atoms with van der Waals surface area (Å²) in [6.45, 7) is 8.29. The number of rotatable bonds is 8. The minimum atomic E-state index is -0.176. The molecular formula is C44H38N2O2. The summed E-state index contributed by atoms with van der Waals surface area (Å²) >= 11 is 0. The van der Waals surface area contributed by atoms with Gasteiger partial charge in [0.05, 0.1) is 0 Å². The van der Waals surface area contributed by atoms with E-state index in [-0.39, 0.29) is 11.8 Å². The van der Waals surface area contributed by atoms with Gasteiger partial charge in [-0.2, -0.15) is 0 Å². The van der Waals surface area contributed by atoms with E-state index in [1.165, 1.54) is 22.3 Å². The van der Waals surface area contributed by atoms with Crippen molar-refractivity contribution in [2.45, 2.75) is 27.7 Å². The van der Waals surface area contributed by atoms with Crippen molar-refractivity contribution >= 4 is 46.1 Å². The van der Waals surface area contributed by atoms with Gasteiger partial charge in [0.1, 0.15) is 0 Å². The maximum absolute atomic E-state index is 12.6. The number of hydrogen-bond acceptors (Lipinski definition) is 2. The van der Waals surface area contributed by atoms with Gasteiger partial charge in [0.15, 0.2) is 0 Å². The van der Waals surface area contributed by atoms with Crippen LogP contribution in [0.1, 0.15) is 33.4 Å². The molecule has 0 aliphatic rings. The molecule has 6 aromatic carbocycles. The first-order valence-electron chi connectivity index (χ1n) is 16.1. The number of hydrogen-bond donors (Lipinski definition) is 2. The molecule has 0 aliphatic carbocycles. The van der Waals surface area contributed by atoms with Gasteiger partial charge >= 0.3 is 0 Å². The molecule has 0 aliphatic heterocycles. The quantitative estimate of drug-likeness (QED) is 0.165. The van der Waals surface area contributed by atoms with E-state index in [0.29, 0.717) is 0 Å². The fraction of sp³-hybridized carbons (Fsp3) is 0.0909. The predicted molar refractivity (Wildman–Crippen MR) is 202 cm³/mol. The van der Waals surface area contributed by atoms with Gasteiger partial charge in [-0.1, -0.05) is 97.1 Å². The Hall–Kier alpha value is -6.00. The first kappa shape index (κ1) is 32.0. The third kappa shape index (κ3) is 7.51. The zero-order valence-electron chi connectivity index (χ0n) is 27.7.